The van der Waals surface area contributed by atoms with Crippen LogP contribution >= 0.6 is 0 Å². The van der Waals surface area contributed by atoms with E-state index in [0.29, 0.717) is 23.5 Å². The number of para-hydroxylation sites is 1. The number of aromatic nitrogens is 5. The fourth-order valence-electron chi connectivity index (χ4n) is 11.2. The quantitative estimate of drug-likeness (QED) is 0.177. The molecule has 1 atom stereocenters. The van der Waals surface area contributed by atoms with Crippen LogP contribution in [0, 0.1) is 5.92 Å². The highest BCUT2D eigenvalue weighted by molar-refractivity contribution is 6.20. The molecule has 0 bridgehead atoms. The van der Waals surface area contributed by atoms with Gasteiger partial charge in [0.25, 0.3) is 0 Å². The molecule has 64 heavy (non-hydrogen) atoms. The van der Waals surface area contributed by atoms with Crippen LogP contribution in [0.25, 0.3) is 106 Å². The third kappa shape index (κ3) is 5.41. The van der Waals surface area contributed by atoms with Gasteiger partial charge in [-0.2, -0.15) is 9.97 Å². The number of nitrogens with zero attached hydrogens (tertiary/aromatic N) is 5. The minimum atomic E-state index is 0.0338. The van der Waals surface area contributed by atoms with Gasteiger partial charge in [0.2, 0.25) is 5.95 Å². The molecule has 6 nitrogen and oxygen atoms in total. The minimum absolute atomic E-state index is 0.0338. The first kappa shape index (κ1) is 37.3. The van der Waals surface area contributed by atoms with Crippen LogP contribution < -0.4 is 0 Å². The molecule has 310 valence electrons. The van der Waals surface area contributed by atoms with E-state index in [2.05, 4.69) is 177 Å². The van der Waals surface area contributed by atoms with Gasteiger partial charge in [0.1, 0.15) is 11.3 Å². The molecule has 2 aliphatic carbocycles. The molecule has 2 aliphatic rings. The number of furan rings is 1. The zero-order chi connectivity index (χ0) is 43.1. The summed E-state index contributed by atoms with van der Waals surface area (Å²) in [7, 11) is 0. The van der Waals surface area contributed by atoms with Crippen LogP contribution in [0.3, 0.4) is 0 Å². The largest absolute Gasteiger partial charge is 0.460 e. The van der Waals surface area contributed by atoms with E-state index in [1.54, 1.807) is 0 Å². The molecular formula is C58H47N5O. The van der Waals surface area contributed by atoms with Crippen LogP contribution in [0.1, 0.15) is 69.9 Å². The van der Waals surface area contributed by atoms with Crippen LogP contribution in [0.2, 0.25) is 0 Å². The van der Waals surface area contributed by atoms with E-state index in [1.807, 2.05) is 18.2 Å². The Morgan fingerprint density at radius 2 is 1.27 bits per heavy atom. The molecule has 0 saturated carbocycles. The summed E-state index contributed by atoms with van der Waals surface area (Å²) in [6, 6.07) is 50.8. The smallest absolute Gasteiger partial charge is 0.238 e. The Hall–Kier alpha value is -7.31. The van der Waals surface area contributed by atoms with Crippen molar-refractivity contribution in [2.45, 2.75) is 64.7 Å². The summed E-state index contributed by atoms with van der Waals surface area (Å²) >= 11 is 0. The lowest BCUT2D eigenvalue weighted by atomic mass is 9.58. The predicted octanol–water partition coefficient (Wildman–Crippen LogP) is 14.9. The second kappa shape index (κ2) is 13.4. The highest BCUT2D eigenvalue weighted by atomic mass is 16.3. The number of rotatable bonds is 4. The first-order chi connectivity index (χ1) is 31.1. The molecule has 0 N–H and O–H groups in total. The average molecular weight is 830 g/mol. The SMILES string of the molecule is CC1CC(C)(C)c2ccc(-n3c4ccccc4c4cc5c6cc7ccccc7cc6n(-c6nc(-c7ccccc7)nc(-c7ccc8c9c(oc8c7)CCC=C9)n6)c5cc43)cc2C1(C)C. The average Bonchev–Trinajstić information content (AvgIpc) is 3.96. The lowest BCUT2D eigenvalue weighted by Crippen LogP contribution is -2.40. The molecule has 0 radical (unpaired) electrons. The fourth-order valence-corrected chi connectivity index (χ4v) is 11.2. The molecule has 11 aromatic rings. The van der Waals surface area contributed by atoms with Crippen molar-refractivity contribution in [3.63, 3.8) is 0 Å². The van der Waals surface area contributed by atoms with Gasteiger partial charge in [0, 0.05) is 55.7 Å². The number of hydrogen-bond acceptors (Lipinski definition) is 4. The van der Waals surface area contributed by atoms with Crippen molar-refractivity contribution in [3.05, 3.63) is 168 Å². The fraction of sp³-hybridized carbons (Fsp3) is 0.190. The Bertz CT molecular complexity index is 3780. The lowest BCUT2D eigenvalue weighted by Gasteiger charge is -2.46. The van der Waals surface area contributed by atoms with Crippen molar-refractivity contribution < 1.29 is 4.42 Å². The Balaban J connectivity index is 1.11. The second-order valence-electron chi connectivity index (χ2n) is 19.5. The van der Waals surface area contributed by atoms with Gasteiger partial charge in [-0.05, 0) is 106 Å². The van der Waals surface area contributed by atoms with Gasteiger partial charge in [0.15, 0.2) is 11.6 Å². The molecule has 7 aromatic carbocycles. The molecule has 13 rings (SSSR count). The van der Waals surface area contributed by atoms with Gasteiger partial charge in [-0.3, -0.25) is 4.57 Å². The Kier molecular flexibility index (Phi) is 7.77. The van der Waals surface area contributed by atoms with Gasteiger partial charge in [-0.1, -0.05) is 132 Å². The molecule has 1 unspecified atom stereocenters. The summed E-state index contributed by atoms with van der Waals surface area (Å²) in [6.45, 7) is 12.1. The number of allylic oxidation sites excluding steroid dienone is 1. The van der Waals surface area contributed by atoms with Gasteiger partial charge in [-0.25, -0.2) is 4.98 Å². The Morgan fingerprint density at radius 1 is 0.562 bits per heavy atom. The molecule has 0 aliphatic heterocycles. The first-order valence-corrected chi connectivity index (χ1v) is 22.7. The monoisotopic (exact) mass is 829 g/mol. The minimum Gasteiger partial charge on any atom is -0.460 e. The summed E-state index contributed by atoms with van der Waals surface area (Å²) < 4.78 is 11.2. The maximum atomic E-state index is 6.47. The van der Waals surface area contributed by atoms with E-state index >= 15 is 0 Å². The van der Waals surface area contributed by atoms with E-state index in [4.69, 9.17) is 19.4 Å². The molecule has 4 aromatic heterocycles. The molecule has 6 heteroatoms. The van der Waals surface area contributed by atoms with Gasteiger partial charge in [-0.15, -0.1) is 0 Å². The van der Waals surface area contributed by atoms with Crippen molar-refractivity contribution in [2.24, 2.45) is 5.92 Å². The van der Waals surface area contributed by atoms with Crippen molar-refractivity contribution in [3.8, 4) is 34.4 Å². The summed E-state index contributed by atoms with van der Waals surface area (Å²) in [5.74, 6) is 3.35. The van der Waals surface area contributed by atoms with Gasteiger partial charge < -0.3 is 8.98 Å². The Morgan fingerprint density at radius 3 is 2.11 bits per heavy atom. The first-order valence-electron chi connectivity index (χ1n) is 22.7. The van der Waals surface area contributed by atoms with Crippen molar-refractivity contribution in [1.29, 1.82) is 0 Å². The maximum absolute atomic E-state index is 6.47. The van der Waals surface area contributed by atoms with Crippen LogP contribution in [-0.4, -0.2) is 24.1 Å². The number of benzene rings is 7. The molecule has 0 saturated heterocycles. The van der Waals surface area contributed by atoms with E-state index in [9.17, 15) is 0 Å². The highest BCUT2D eigenvalue weighted by Gasteiger charge is 2.42. The van der Waals surface area contributed by atoms with Crippen molar-refractivity contribution in [1.82, 2.24) is 24.1 Å². The molecule has 0 amide bonds. The summed E-state index contributed by atoms with van der Waals surface area (Å²) in [4.78, 5) is 15.9. The number of hydrogen-bond donors (Lipinski definition) is 0. The van der Waals surface area contributed by atoms with Crippen molar-refractivity contribution >= 4 is 71.4 Å². The summed E-state index contributed by atoms with van der Waals surface area (Å²) in [5.41, 5.74) is 12.4. The van der Waals surface area contributed by atoms with E-state index in [1.165, 1.54) is 50.5 Å². The van der Waals surface area contributed by atoms with E-state index < -0.39 is 0 Å². The standard InChI is InChI=1S/C58H47N5O/c1-34-33-57(2,3)46-26-24-39(30-47(46)58(34,4)5)62-48-21-13-11-19-40(48)44-31-45-43-27-36-17-9-10-18-37(36)28-49(43)63(51(45)32-50(44)62)56-60-54(35-15-7-6-8-16-35)59-55(61-56)38-23-25-42-41-20-12-14-22-52(41)64-53(42)29-38/h6-13,15-21,23-32,34H,14,22,33H2,1-5H3. The summed E-state index contributed by atoms with van der Waals surface area (Å²) in [5, 5.41) is 8.21. The van der Waals surface area contributed by atoms with Crippen molar-refractivity contribution in [2.75, 3.05) is 0 Å². The third-order valence-corrected chi connectivity index (χ3v) is 14.9. The van der Waals surface area contributed by atoms with Crippen LogP contribution in [0.4, 0.5) is 0 Å². The maximum Gasteiger partial charge on any atom is 0.238 e. The molecular weight excluding hydrogens is 783 g/mol. The van der Waals surface area contributed by atoms with E-state index in [-0.39, 0.29) is 10.8 Å². The zero-order valence-electron chi connectivity index (χ0n) is 36.8. The molecule has 0 fully saturated rings. The molecule has 0 spiro atoms. The second-order valence-corrected chi connectivity index (χ2v) is 19.5. The third-order valence-electron chi connectivity index (χ3n) is 14.9. The molecule has 4 heterocycles. The van der Waals surface area contributed by atoms with Crippen LogP contribution in [-0.2, 0) is 17.3 Å². The number of aryl methyl sites for hydroxylation is 1. The van der Waals surface area contributed by atoms with Crippen LogP contribution in [0.5, 0.6) is 0 Å². The predicted molar refractivity (Wildman–Crippen MR) is 264 cm³/mol. The highest BCUT2D eigenvalue weighted by Crippen LogP contribution is 2.50. The topological polar surface area (TPSA) is 61.7 Å². The summed E-state index contributed by atoms with van der Waals surface area (Å²) in [6.07, 6.45) is 7.48. The van der Waals surface area contributed by atoms with Crippen LogP contribution in [0.15, 0.2) is 150 Å². The normalized spacial score (nSPS) is 16.7. The van der Waals surface area contributed by atoms with Gasteiger partial charge in [0.05, 0.1) is 22.1 Å². The zero-order valence-corrected chi connectivity index (χ0v) is 36.8. The van der Waals surface area contributed by atoms with E-state index in [0.717, 1.165) is 73.4 Å². The van der Waals surface area contributed by atoms with Gasteiger partial charge >= 0.3 is 0 Å². The number of fused-ring (bicyclic) bond motifs is 11. The lowest BCUT2D eigenvalue weighted by molar-refractivity contribution is 0.233. The Labute approximate surface area is 371 Å².